The number of amides is 1. The molecule has 1 aromatic heterocycles. The van der Waals surface area contributed by atoms with E-state index in [2.05, 4.69) is 15.9 Å². The van der Waals surface area contributed by atoms with Crippen LogP contribution < -0.4 is 9.64 Å². The number of halogens is 1. The minimum absolute atomic E-state index is 0.0427. The number of aryl methyl sites for hydroxylation is 1. The van der Waals surface area contributed by atoms with Gasteiger partial charge in [-0.05, 0) is 61.0 Å². The molecule has 0 saturated heterocycles. The number of rotatable bonds is 5. The number of ether oxygens (including phenoxy) is 1. The fourth-order valence-electron chi connectivity index (χ4n) is 4.19. The van der Waals surface area contributed by atoms with Gasteiger partial charge in [0.2, 0.25) is 5.78 Å². The lowest BCUT2D eigenvalue weighted by Crippen LogP contribution is -2.31. The molecule has 4 aromatic rings. The minimum atomic E-state index is -0.863. The van der Waals surface area contributed by atoms with Gasteiger partial charge >= 0.3 is 0 Å². The molecule has 0 aliphatic carbocycles. The van der Waals surface area contributed by atoms with Crippen LogP contribution in [0.1, 0.15) is 27.7 Å². The van der Waals surface area contributed by atoms with E-state index >= 15 is 0 Å². The van der Waals surface area contributed by atoms with E-state index < -0.39 is 23.5 Å². The number of aliphatic hydroxyl groups is 1. The minimum Gasteiger partial charge on any atom is -0.503 e. The van der Waals surface area contributed by atoms with Crippen LogP contribution in [0, 0.1) is 6.92 Å². The van der Waals surface area contributed by atoms with Gasteiger partial charge in [-0.2, -0.15) is 0 Å². The zero-order valence-corrected chi connectivity index (χ0v) is 20.0. The molecule has 1 N–H and O–H groups in total. The normalized spacial score (nSPS) is 15.9. The number of carbonyl (C=O) groups is 2. The highest BCUT2D eigenvalue weighted by molar-refractivity contribution is 9.10. The van der Waals surface area contributed by atoms with E-state index in [1.54, 1.807) is 55.6 Å². The van der Waals surface area contributed by atoms with Crippen molar-refractivity contribution in [1.29, 1.82) is 0 Å². The molecule has 0 spiro atoms. The summed E-state index contributed by atoms with van der Waals surface area (Å²) in [4.78, 5) is 28.4. The Balaban J connectivity index is 1.66. The third kappa shape index (κ3) is 3.68. The van der Waals surface area contributed by atoms with Crippen molar-refractivity contribution in [2.75, 3.05) is 12.0 Å². The van der Waals surface area contributed by atoms with Gasteiger partial charge in [0.15, 0.2) is 11.5 Å². The second kappa shape index (κ2) is 8.50. The number of benzene rings is 3. The number of anilines is 1. The van der Waals surface area contributed by atoms with Gasteiger partial charge in [-0.25, -0.2) is 0 Å². The fraction of sp³-hybridized carbons (Fsp3) is 0.111. The van der Waals surface area contributed by atoms with Crippen molar-refractivity contribution in [1.82, 2.24) is 0 Å². The van der Waals surface area contributed by atoms with E-state index in [4.69, 9.17) is 9.15 Å². The second-order valence-electron chi connectivity index (χ2n) is 8.07. The van der Waals surface area contributed by atoms with E-state index in [0.29, 0.717) is 22.6 Å². The van der Waals surface area contributed by atoms with Crippen LogP contribution in [0.5, 0.6) is 5.75 Å². The summed E-state index contributed by atoms with van der Waals surface area (Å²) in [6.07, 6.45) is 0. The maximum atomic E-state index is 13.7. The molecular weight excluding hydrogens is 498 g/mol. The fourth-order valence-corrected chi connectivity index (χ4v) is 4.57. The van der Waals surface area contributed by atoms with Crippen LogP contribution in [-0.4, -0.2) is 23.9 Å². The van der Waals surface area contributed by atoms with Crippen molar-refractivity contribution in [3.8, 4) is 5.75 Å². The number of methoxy groups -OCH3 is 1. The Morgan fingerprint density at radius 3 is 2.56 bits per heavy atom. The van der Waals surface area contributed by atoms with Gasteiger partial charge in [0.1, 0.15) is 11.3 Å². The SMILES string of the molecule is COc1cccc(C2C(C(=O)c3cc4cc(Br)ccc4o3)=C(O)C(=O)N2c2ccc(C)cc2)c1. The molecule has 1 aliphatic heterocycles. The zero-order chi connectivity index (χ0) is 24.0. The van der Waals surface area contributed by atoms with Crippen molar-refractivity contribution >= 4 is 44.3 Å². The highest BCUT2D eigenvalue weighted by Gasteiger charge is 2.45. The number of fused-ring (bicyclic) bond motifs is 1. The maximum absolute atomic E-state index is 13.7. The lowest BCUT2D eigenvalue weighted by molar-refractivity contribution is -0.117. The first-order valence-electron chi connectivity index (χ1n) is 10.6. The summed E-state index contributed by atoms with van der Waals surface area (Å²) in [6.45, 7) is 1.94. The van der Waals surface area contributed by atoms with Gasteiger partial charge < -0.3 is 14.3 Å². The standard InChI is InChI=1S/C27H20BrNO5/c1-15-6-9-19(10-7-15)29-24(16-4-3-5-20(13-16)33-2)23(26(31)27(29)32)25(30)22-14-17-12-18(28)8-11-21(17)34-22/h3-14,24,31H,1-2H3. The first kappa shape index (κ1) is 22.0. The Kier molecular flexibility index (Phi) is 5.49. The number of aliphatic hydroxyl groups excluding tert-OH is 1. The van der Waals surface area contributed by atoms with E-state index in [9.17, 15) is 14.7 Å². The smallest absolute Gasteiger partial charge is 0.294 e. The summed E-state index contributed by atoms with van der Waals surface area (Å²) in [6, 6.07) is 20.6. The predicted octanol–water partition coefficient (Wildman–Crippen LogP) is 6.30. The van der Waals surface area contributed by atoms with E-state index in [1.807, 2.05) is 31.2 Å². The van der Waals surface area contributed by atoms with Crippen LogP contribution >= 0.6 is 15.9 Å². The highest BCUT2D eigenvalue weighted by atomic mass is 79.9. The van der Waals surface area contributed by atoms with Crippen LogP contribution in [0.4, 0.5) is 5.69 Å². The summed E-state index contributed by atoms with van der Waals surface area (Å²) < 4.78 is 12.0. The molecule has 0 fully saturated rings. The van der Waals surface area contributed by atoms with Gasteiger partial charge in [-0.1, -0.05) is 45.8 Å². The number of hydrogen-bond donors (Lipinski definition) is 1. The Labute approximate surface area is 204 Å². The van der Waals surface area contributed by atoms with Crippen molar-refractivity contribution in [2.45, 2.75) is 13.0 Å². The van der Waals surface area contributed by atoms with E-state index in [1.165, 1.54) is 4.90 Å². The third-order valence-corrected chi connectivity index (χ3v) is 6.37. The van der Waals surface area contributed by atoms with Crippen LogP contribution in [0.15, 0.2) is 93.0 Å². The Hall–Kier alpha value is -3.84. The summed E-state index contributed by atoms with van der Waals surface area (Å²) in [7, 11) is 1.54. The van der Waals surface area contributed by atoms with Gasteiger partial charge in [0, 0.05) is 15.5 Å². The number of carbonyl (C=O) groups excluding carboxylic acids is 2. The van der Waals surface area contributed by atoms with Gasteiger partial charge in [0.05, 0.1) is 18.7 Å². The van der Waals surface area contributed by atoms with Gasteiger partial charge in [-0.15, -0.1) is 0 Å². The Morgan fingerprint density at radius 2 is 1.82 bits per heavy atom. The number of hydrogen-bond acceptors (Lipinski definition) is 5. The largest absolute Gasteiger partial charge is 0.503 e. The van der Waals surface area contributed by atoms with Gasteiger partial charge in [0.25, 0.3) is 5.91 Å². The number of furan rings is 1. The van der Waals surface area contributed by atoms with Crippen LogP contribution in [0.2, 0.25) is 0 Å². The molecule has 0 radical (unpaired) electrons. The van der Waals surface area contributed by atoms with E-state index in [-0.39, 0.29) is 11.3 Å². The summed E-state index contributed by atoms with van der Waals surface area (Å²) in [5.41, 5.74) is 2.70. The quantitative estimate of drug-likeness (QED) is 0.314. The molecule has 170 valence electrons. The lowest BCUT2D eigenvalue weighted by atomic mass is 9.94. The number of nitrogens with zero attached hydrogens (tertiary/aromatic N) is 1. The first-order valence-corrected chi connectivity index (χ1v) is 11.4. The molecule has 7 heteroatoms. The number of ketones is 1. The van der Waals surface area contributed by atoms with Gasteiger partial charge in [-0.3, -0.25) is 14.5 Å². The monoisotopic (exact) mass is 517 g/mol. The van der Waals surface area contributed by atoms with E-state index in [0.717, 1.165) is 15.4 Å². The average molecular weight is 518 g/mol. The molecule has 34 heavy (non-hydrogen) atoms. The third-order valence-electron chi connectivity index (χ3n) is 5.88. The topological polar surface area (TPSA) is 80.0 Å². The van der Waals surface area contributed by atoms with Crippen LogP contribution in [0.3, 0.4) is 0 Å². The summed E-state index contributed by atoms with van der Waals surface area (Å²) >= 11 is 3.42. The maximum Gasteiger partial charge on any atom is 0.294 e. The molecule has 2 heterocycles. The lowest BCUT2D eigenvalue weighted by Gasteiger charge is -2.27. The Morgan fingerprint density at radius 1 is 1.06 bits per heavy atom. The molecule has 1 amide bonds. The molecule has 3 aromatic carbocycles. The molecule has 1 atom stereocenters. The van der Waals surface area contributed by atoms with Crippen molar-refractivity contribution < 1.29 is 23.8 Å². The average Bonchev–Trinajstić information content (AvgIpc) is 3.38. The number of Topliss-reactive ketones (excluding diaryl/α,β-unsaturated/α-hetero) is 1. The molecule has 0 bridgehead atoms. The van der Waals surface area contributed by atoms with Crippen LogP contribution in [0.25, 0.3) is 11.0 Å². The first-order chi connectivity index (χ1) is 16.4. The second-order valence-corrected chi connectivity index (χ2v) is 8.99. The van der Waals surface area contributed by atoms with Crippen molar-refractivity contribution in [3.63, 3.8) is 0 Å². The predicted molar refractivity (Wildman–Crippen MR) is 132 cm³/mol. The van der Waals surface area contributed by atoms with Crippen molar-refractivity contribution in [3.05, 3.63) is 105 Å². The summed E-state index contributed by atoms with van der Waals surface area (Å²) in [5.74, 6) is -1.19. The molecule has 0 saturated carbocycles. The van der Waals surface area contributed by atoms with Crippen molar-refractivity contribution in [2.24, 2.45) is 0 Å². The Bertz CT molecular complexity index is 1470. The molecule has 5 rings (SSSR count). The molecule has 6 nitrogen and oxygen atoms in total. The molecular formula is C27H20BrNO5. The highest BCUT2D eigenvalue weighted by Crippen LogP contribution is 2.43. The molecule has 1 unspecified atom stereocenters. The zero-order valence-electron chi connectivity index (χ0n) is 18.4. The van der Waals surface area contributed by atoms with Crippen LogP contribution in [-0.2, 0) is 4.79 Å². The summed E-state index contributed by atoms with van der Waals surface area (Å²) in [5, 5.41) is 11.7. The molecule has 1 aliphatic rings.